The van der Waals surface area contributed by atoms with E-state index in [1.54, 1.807) is 4.98 Å². The van der Waals surface area contributed by atoms with Gasteiger partial charge in [0.25, 0.3) is 5.56 Å². The number of aliphatic hydroxyl groups is 2. The molecule has 1 aromatic heterocycles. The molecule has 1 aliphatic rings. The van der Waals surface area contributed by atoms with Gasteiger partial charge in [-0.05, 0) is 0 Å². The first kappa shape index (κ1) is 13.8. The van der Waals surface area contributed by atoms with E-state index in [1.807, 2.05) is 0 Å². The van der Waals surface area contributed by atoms with E-state index in [9.17, 15) is 27.9 Å². The average Bonchev–Trinajstić information content (AvgIpc) is 2.50. The monoisotopic (exact) mass is 282 g/mol. The summed E-state index contributed by atoms with van der Waals surface area (Å²) in [6, 6.07) is 0.640. The van der Waals surface area contributed by atoms with Crippen LogP contribution in [0, 0.1) is 0 Å². The quantitative estimate of drug-likeness (QED) is 0.612. The minimum Gasteiger partial charge on any atom is -0.394 e. The highest BCUT2D eigenvalue weighted by molar-refractivity contribution is 5.01. The van der Waals surface area contributed by atoms with Crippen LogP contribution in [0.2, 0.25) is 0 Å². The molecule has 3 N–H and O–H groups in total. The van der Waals surface area contributed by atoms with Crippen LogP contribution >= 0.6 is 0 Å². The van der Waals surface area contributed by atoms with Crippen molar-refractivity contribution in [3.63, 3.8) is 0 Å². The molecule has 0 bridgehead atoms. The van der Waals surface area contributed by atoms with Crippen molar-refractivity contribution in [3.8, 4) is 0 Å². The SMILES string of the molecule is O=c1ccn([C@]2(F)O[C@H](CO)[C@@H](O)C2(F)F)c(=O)[nH]1. The molecule has 0 saturated carbocycles. The number of nitrogens with one attached hydrogen (secondary N) is 1. The van der Waals surface area contributed by atoms with Crippen LogP contribution in [0.3, 0.4) is 0 Å². The van der Waals surface area contributed by atoms with Crippen molar-refractivity contribution >= 4 is 0 Å². The third kappa shape index (κ3) is 1.79. The van der Waals surface area contributed by atoms with Gasteiger partial charge in [0, 0.05) is 12.3 Å². The molecule has 106 valence electrons. The molecule has 19 heavy (non-hydrogen) atoms. The first-order valence-electron chi connectivity index (χ1n) is 5.10. The maximum absolute atomic E-state index is 14.3. The molecule has 1 aliphatic heterocycles. The predicted molar refractivity (Wildman–Crippen MR) is 53.3 cm³/mol. The largest absolute Gasteiger partial charge is 0.394 e. The van der Waals surface area contributed by atoms with Gasteiger partial charge in [-0.2, -0.15) is 13.2 Å². The summed E-state index contributed by atoms with van der Waals surface area (Å²) < 4.78 is 45.7. The van der Waals surface area contributed by atoms with Crippen LogP contribution in [0.1, 0.15) is 0 Å². The van der Waals surface area contributed by atoms with Crippen molar-refractivity contribution in [1.82, 2.24) is 9.55 Å². The third-order valence-corrected chi connectivity index (χ3v) is 2.76. The minimum absolute atomic E-state index is 0.187. The number of ether oxygens (including phenoxy) is 1. The molecule has 0 spiro atoms. The molecule has 0 radical (unpaired) electrons. The molecule has 0 amide bonds. The van der Waals surface area contributed by atoms with E-state index in [4.69, 9.17) is 5.11 Å². The number of halogens is 3. The highest BCUT2D eigenvalue weighted by Gasteiger charge is 2.71. The van der Waals surface area contributed by atoms with Crippen LogP contribution < -0.4 is 11.2 Å². The highest BCUT2D eigenvalue weighted by Crippen LogP contribution is 2.47. The second-order valence-corrected chi connectivity index (χ2v) is 3.95. The number of rotatable bonds is 2. The summed E-state index contributed by atoms with van der Waals surface area (Å²) in [6.07, 6.45) is -4.07. The Morgan fingerprint density at radius 3 is 2.53 bits per heavy atom. The van der Waals surface area contributed by atoms with Crippen molar-refractivity contribution in [2.24, 2.45) is 0 Å². The van der Waals surface area contributed by atoms with Gasteiger partial charge in [-0.15, -0.1) is 0 Å². The lowest BCUT2D eigenvalue weighted by atomic mass is 10.1. The lowest BCUT2D eigenvalue weighted by molar-refractivity contribution is -0.297. The summed E-state index contributed by atoms with van der Waals surface area (Å²) in [5, 5.41) is 17.9. The van der Waals surface area contributed by atoms with E-state index in [0.717, 1.165) is 0 Å². The van der Waals surface area contributed by atoms with E-state index >= 15 is 0 Å². The van der Waals surface area contributed by atoms with Crippen LogP contribution in [-0.4, -0.2) is 44.5 Å². The molecule has 10 heteroatoms. The van der Waals surface area contributed by atoms with Gasteiger partial charge in [-0.25, -0.2) is 9.36 Å². The lowest BCUT2D eigenvalue weighted by Gasteiger charge is -2.27. The zero-order valence-corrected chi connectivity index (χ0v) is 9.22. The Morgan fingerprint density at radius 2 is 2.05 bits per heavy atom. The van der Waals surface area contributed by atoms with Crippen molar-refractivity contribution in [1.29, 1.82) is 0 Å². The van der Waals surface area contributed by atoms with Crippen LogP contribution in [0.15, 0.2) is 21.9 Å². The van der Waals surface area contributed by atoms with Crippen LogP contribution in [0.4, 0.5) is 13.2 Å². The molecule has 0 aromatic carbocycles. The summed E-state index contributed by atoms with van der Waals surface area (Å²) in [4.78, 5) is 23.7. The van der Waals surface area contributed by atoms with Gasteiger partial charge in [-0.1, -0.05) is 0 Å². The summed E-state index contributed by atoms with van der Waals surface area (Å²) in [5.41, 5.74) is -2.38. The van der Waals surface area contributed by atoms with Crippen LogP contribution in [-0.2, 0) is 10.7 Å². The topological polar surface area (TPSA) is 105 Å². The molecule has 1 saturated heterocycles. The van der Waals surface area contributed by atoms with Gasteiger partial charge in [-0.3, -0.25) is 9.78 Å². The van der Waals surface area contributed by atoms with Gasteiger partial charge in [0.05, 0.1) is 6.61 Å². The maximum Gasteiger partial charge on any atom is 0.365 e. The van der Waals surface area contributed by atoms with Gasteiger partial charge in [0.1, 0.15) is 6.10 Å². The number of aromatic nitrogens is 2. The molecule has 0 aliphatic carbocycles. The normalized spacial score (nSPS) is 33.5. The predicted octanol–water partition coefficient (Wildman–Crippen LogP) is -1.50. The number of hydrogen-bond acceptors (Lipinski definition) is 5. The van der Waals surface area contributed by atoms with E-state index in [0.29, 0.717) is 12.3 Å². The molecular weight excluding hydrogens is 273 g/mol. The first-order valence-corrected chi connectivity index (χ1v) is 5.10. The minimum atomic E-state index is -4.48. The second-order valence-electron chi connectivity index (χ2n) is 3.95. The third-order valence-electron chi connectivity index (χ3n) is 2.76. The summed E-state index contributed by atoms with van der Waals surface area (Å²) in [5.74, 6) is -8.48. The fourth-order valence-electron chi connectivity index (χ4n) is 1.76. The van der Waals surface area contributed by atoms with Crippen molar-refractivity contribution in [3.05, 3.63) is 33.1 Å². The maximum atomic E-state index is 14.3. The van der Waals surface area contributed by atoms with Crippen molar-refractivity contribution < 1.29 is 28.1 Å². The summed E-state index contributed by atoms with van der Waals surface area (Å²) >= 11 is 0. The smallest absolute Gasteiger partial charge is 0.365 e. The number of nitrogens with zero attached hydrogens (tertiary/aromatic N) is 1. The second kappa shape index (κ2) is 4.18. The van der Waals surface area contributed by atoms with Gasteiger partial charge in [0.2, 0.25) is 0 Å². The van der Waals surface area contributed by atoms with Crippen LogP contribution in [0.25, 0.3) is 0 Å². The Hall–Kier alpha value is -1.65. The first-order chi connectivity index (χ1) is 8.74. The molecule has 1 aromatic rings. The Kier molecular flexibility index (Phi) is 3.03. The van der Waals surface area contributed by atoms with Gasteiger partial charge < -0.3 is 14.9 Å². The zero-order valence-electron chi connectivity index (χ0n) is 9.22. The molecule has 1 fully saturated rings. The fraction of sp³-hybridized carbons (Fsp3) is 0.556. The van der Waals surface area contributed by atoms with E-state index in [1.165, 1.54) is 0 Å². The van der Waals surface area contributed by atoms with E-state index < -0.39 is 42.0 Å². The number of hydrogen-bond donors (Lipinski definition) is 3. The fourth-order valence-corrected chi connectivity index (χ4v) is 1.76. The average molecular weight is 282 g/mol. The highest BCUT2D eigenvalue weighted by atomic mass is 19.3. The molecule has 2 rings (SSSR count). The van der Waals surface area contributed by atoms with E-state index in [-0.39, 0.29) is 4.57 Å². The number of H-pyrrole nitrogens is 1. The molecule has 3 atom stereocenters. The Bertz CT molecular complexity index is 600. The van der Waals surface area contributed by atoms with Crippen molar-refractivity contribution in [2.75, 3.05) is 6.61 Å². The Morgan fingerprint density at radius 1 is 1.42 bits per heavy atom. The Labute approximate surface area is 102 Å². The molecular formula is C9H9F3N2O5. The van der Waals surface area contributed by atoms with Gasteiger partial charge >= 0.3 is 17.6 Å². The molecule has 0 unspecified atom stereocenters. The number of aromatic amines is 1. The summed E-state index contributed by atoms with van der Waals surface area (Å²) in [6.45, 7) is -1.07. The lowest BCUT2D eigenvalue weighted by Crippen LogP contribution is -2.53. The number of aliphatic hydroxyl groups excluding tert-OH is 2. The van der Waals surface area contributed by atoms with E-state index in [2.05, 4.69) is 4.74 Å². The molecule has 2 heterocycles. The standard InChI is InChI=1S/C9H9F3N2O5/c10-8(11)6(17)4(3-15)19-9(8,12)14-2-1-5(16)13-7(14)18/h1-2,4,6,15,17H,3H2,(H,13,16,18)/t4-,6-,9+/m1/s1. The molecule has 7 nitrogen and oxygen atoms in total. The number of alkyl halides is 3. The van der Waals surface area contributed by atoms with Crippen LogP contribution in [0.5, 0.6) is 0 Å². The zero-order chi connectivity index (χ0) is 14.4. The van der Waals surface area contributed by atoms with Crippen molar-refractivity contribution in [2.45, 2.75) is 24.1 Å². The summed E-state index contributed by atoms with van der Waals surface area (Å²) in [7, 11) is 0. The Balaban J connectivity index is 2.59. The van der Waals surface area contributed by atoms with Gasteiger partial charge in [0.15, 0.2) is 6.10 Å².